The summed E-state index contributed by atoms with van der Waals surface area (Å²) in [6.45, 7) is 9.86. The van der Waals surface area contributed by atoms with E-state index < -0.39 is 0 Å². The highest BCUT2D eigenvalue weighted by atomic mass is 16.5. The number of esters is 1. The Labute approximate surface area is 225 Å². The van der Waals surface area contributed by atoms with E-state index in [1.165, 1.54) is 70.6 Å². The lowest BCUT2D eigenvalue weighted by molar-refractivity contribution is -0.138. The van der Waals surface area contributed by atoms with Crippen LogP contribution in [0.2, 0.25) is 0 Å². The standard InChI is InChI=1S/C33H52N2O2/c1-21(8-7-9-22(2)31(36)37-26-19-24(34)18-25(35)20-26)28-13-14-29-27-12-11-23-10-5-6-16-32(23,3)30(27)15-17-33(28,29)4/h18-23,27-30H,5-17,34-35H2,1-4H3/t21?,22?,23?,27-,28+,29-,30-,32-,33+/m0/s1. The second-order valence-electron chi connectivity index (χ2n) is 14.2. The molecule has 1 aromatic rings. The molecular weight excluding hydrogens is 456 g/mol. The number of carbonyl (C=O) groups excluding carboxylic acids is 1. The van der Waals surface area contributed by atoms with Crippen molar-refractivity contribution in [3.63, 3.8) is 0 Å². The fraction of sp³-hybridized carbons (Fsp3) is 0.788. The maximum Gasteiger partial charge on any atom is 0.314 e. The van der Waals surface area contributed by atoms with Gasteiger partial charge in [-0.05, 0) is 110 Å². The first-order valence-electron chi connectivity index (χ1n) is 15.5. The zero-order valence-electron chi connectivity index (χ0n) is 23.9. The van der Waals surface area contributed by atoms with Crippen LogP contribution in [0.25, 0.3) is 0 Å². The number of ether oxygens (including phenoxy) is 1. The largest absolute Gasteiger partial charge is 0.426 e. The van der Waals surface area contributed by atoms with Crippen molar-refractivity contribution < 1.29 is 9.53 Å². The van der Waals surface area contributed by atoms with Crippen molar-refractivity contribution in [1.29, 1.82) is 0 Å². The molecule has 0 amide bonds. The Morgan fingerprint density at radius 3 is 2.38 bits per heavy atom. The Kier molecular flexibility index (Phi) is 7.59. The first kappa shape index (κ1) is 26.9. The topological polar surface area (TPSA) is 78.3 Å². The van der Waals surface area contributed by atoms with E-state index in [1.807, 2.05) is 6.92 Å². The highest BCUT2D eigenvalue weighted by Gasteiger charge is 2.60. The third-order valence-electron chi connectivity index (χ3n) is 12.2. The highest BCUT2D eigenvalue weighted by Crippen LogP contribution is 2.68. The highest BCUT2D eigenvalue weighted by molar-refractivity contribution is 5.75. The zero-order chi connectivity index (χ0) is 26.4. The van der Waals surface area contributed by atoms with Crippen molar-refractivity contribution in [2.75, 3.05) is 11.5 Å². The van der Waals surface area contributed by atoms with Gasteiger partial charge >= 0.3 is 5.97 Å². The van der Waals surface area contributed by atoms with Crippen LogP contribution in [0.1, 0.15) is 111 Å². The van der Waals surface area contributed by atoms with E-state index in [0.717, 1.165) is 48.3 Å². The van der Waals surface area contributed by atoms with E-state index >= 15 is 0 Å². The molecule has 4 aliphatic rings. The van der Waals surface area contributed by atoms with Crippen LogP contribution < -0.4 is 16.2 Å². The fourth-order valence-electron chi connectivity index (χ4n) is 10.3. The van der Waals surface area contributed by atoms with E-state index in [4.69, 9.17) is 16.2 Å². The van der Waals surface area contributed by atoms with Gasteiger partial charge in [0.2, 0.25) is 0 Å². The van der Waals surface area contributed by atoms with Crippen molar-refractivity contribution in [3.05, 3.63) is 18.2 Å². The number of nitrogens with two attached hydrogens (primary N) is 2. The maximum atomic E-state index is 12.7. The van der Waals surface area contributed by atoms with Gasteiger partial charge in [-0.15, -0.1) is 0 Å². The Balaban J connectivity index is 1.14. The van der Waals surface area contributed by atoms with Crippen LogP contribution in [0.4, 0.5) is 11.4 Å². The van der Waals surface area contributed by atoms with E-state index in [-0.39, 0.29) is 11.9 Å². The molecule has 37 heavy (non-hydrogen) atoms. The molecule has 4 aliphatic carbocycles. The number of anilines is 2. The van der Waals surface area contributed by atoms with Crippen LogP contribution in [-0.2, 0) is 4.79 Å². The molecule has 1 aromatic carbocycles. The fourth-order valence-corrected chi connectivity index (χ4v) is 10.3. The maximum absolute atomic E-state index is 12.7. The van der Waals surface area contributed by atoms with Crippen molar-refractivity contribution >= 4 is 17.3 Å². The molecule has 206 valence electrons. The minimum Gasteiger partial charge on any atom is -0.426 e. The van der Waals surface area contributed by atoms with Crippen LogP contribution in [-0.4, -0.2) is 5.97 Å². The van der Waals surface area contributed by atoms with Gasteiger partial charge in [0, 0.05) is 23.5 Å². The van der Waals surface area contributed by atoms with Crippen molar-refractivity contribution in [1.82, 2.24) is 0 Å². The number of hydrogen-bond acceptors (Lipinski definition) is 4. The molecule has 4 N–H and O–H groups in total. The number of benzene rings is 1. The summed E-state index contributed by atoms with van der Waals surface area (Å²) in [5.41, 5.74) is 13.9. The van der Waals surface area contributed by atoms with Gasteiger partial charge in [0.25, 0.3) is 0 Å². The van der Waals surface area contributed by atoms with E-state index in [0.29, 0.717) is 28.0 Å². The Morgan fingerprint density at radius 2 is 1.62 bits per heavy atom. The van der Waals surface area contributed by atoms with Crippen LogP contribution in [0.15, 0.2) is 18.2 Å². The van der Waals surface area contributed by atoms with Crippen molar-refractivity contribution in [3.8, 4) is 5.75 Å². The number of rotatable bonds is 7. The molecule has 4 heteroatoms. The third-order valence-corrected chi connectivity index (χ3v) is 12.2. The minimum absolute atomic E-state index is 0.122. The van der Waals surface area contributed by atoms with E-state index in [2.05, 4.69) is 20.8 Å². The molecule has 4 nitrogen and oxygen atoms in total. The Bertz CT molecular complexity index is 957. The van der Waals surface area contributed by atoms with E-state index in [1.54, 1.807) is 18.2 Å². The first-order valence-corrected chi connectivity index (χ1v) is 15.5. The summed E-state index contributed by atoms with van der Waals surface area (Å²) in [5.74, 6) is 5.62. The number of carbonyl (C=O) groups is 1. The second kappa shape index (κ2) is 10.5. The summed E-state index contributed by atoms with van der Waals surface area (Å²) in [4.78, 5) is 12.7. The van der Waals surface area contributed by atoms with Gasteiger partial charge in [0.1, 0.15) is 5.75 Å². The molecule has 9 atom stereocenters. The molecule has 4 fully saturated rings. The van der Waals surface area contributed by atoms with Gasteiger partial charge in [0.15, 0.2) is 0 Å². The molecule has 5 rings (SSSR count). The minimum atomic E-state index is -0.185. The summed E-state index contributed by atoms with van der Waals surface area (Å²) in [6.07, 6.45) is 17.9. The van der Waals surface area contributed by atoms with Gasteiger partial charge in [-0.1, -0.05) is 53.4 Å². The first-order chi connectivity index (χ1) is 17.6. The average Bonchev–Trinajstić information content (AvgIpc) is 3.20. The van der Waals surface area contributed by atoms with Gasteiger partial charge < -0.3 is 16.2 Å². The molecule has 0 radical (unpaired) electrons. The van der Waals surface area contributed by atoms with Gasteiger partial charge in [0.05, 0.1) is 5.92 Å². The lowest BCUT2D eigenvalue weighted by Gasteiger charge is -2.61. The molecular formula is C33H52N2O2. The molecule has 0 bridgehead atoms. The molecule has 0 spiro atoms. The summed E-state index contributed by atoms with van der Waals surface area (Å²) in [5, 5.41) is 0. The summed E-state index contributed by atoms with van der Waals surface area (Å²) in [7, 11) is 0. The van der Waals surface area contributed by atoms with E-state index in [9.17, 15) is 4.79 Å². The Hall–Kier alpha value is -1.71. The van der Waals surface area contributed by atoms with Crippen molar-refractivity contribution in [2.45, 2.75) is 111 Å². The summed E-state index contributed by atoms with van der Waals surface area (Å²) < 4.78 is 5.58. The normalized spacial score (nSPS) is 38.6. The van der Waals surface area contributed by atoms with Gasteiger partial charge in [-0.25, -0.2) is 0 Å². The molecule has 0 saturated heterocycles. The van der Waals surface area contributed by atoms with Crippen LogP contribution in [0.3, 0.4) is 0 Å². The third kappa shape index (κ3) is 5.03. The lowest BCUT2D eigenvalue weighted by Crippen LogP contribution is -2.53. The van der Waals surface area contributed by atoms with Gasteiger partial charge in [-0.2, -0.15) is 0 Å². The second-order valence-corrected chi connectivity index (χ2v) is 14.2. The quantitative estimate of drug-likeness (QED) is 0.221. The van der Waals surface area contributed by atoms with Crippen molar-refractivity contribution in [2.24, 2.45) is 52.3 Å². The predicted molar refractivity (Wildman–Crippen MR) is 153 cm³/mol. The monoisotopic (exact) mass is 508 g/mol. The summed E-state index contributed by atoms with van der Waals surface area (Å²) in [6, 6.07) is 5.00. The average molecular weight is 509 g/mol. The molecule has 4 saturated carbocycles. The lowest BCUT2D eigenvalue weighted by atomic mass is 9.44. The smallest absolute Gasteiger partial charge is 0.314 e. The predicted octanol–water partition coefficient (Wildman–Crippen LogP) is 8.25. The molecule has 3 unspecified atom stereocenters. The molecule has 0 heterocycles. The zero-order valence-corrected chi connectivity index (χ0v) is 23.9. The van der Waals surface area contributed by atoms with Crippen LogP contribution in [0, 0.1) is 52.3 Å². The number of hydrogen-bond donors (Lipinski definition) is 2. The number of nitrogen functional groups attached to an aromatic ring is 2. The Morgan fingerprint density at radius 1 is 0.892 bits per heavy atom. The molecule has 0 aromatic heterocycles. The number of fused-ring (bicyclic) bond motifs is 5. The molecule has 0 aliphatic heterocycles. The van der Waals surface area contributed by atoms with Crippen LogP contribution >= 0.6 is 0 Å². The summed E-state index contributed by atoms with van der Waals surface area (Å²) >= 11 is 0. The van der Waals surface area contributed by atoms with Crippen LogP contribution in [0.5, 0.6) is 5.75 Å². The SMILES string of the molecule is CC(CCCC(C)[C@H]1CC[C@H]2[C@@H]3CCC4CCCC[C@]4(C)[C@H]3CC[C@]12C)C(=O)Oc1cc(N)cc(N)c1. The van der Waals surface area contributed by atoms with Gasteiger partial charge in [-0.3, -0.25) is 4.79 Å².